The fraction of sp³-hybridized carbons (Fsp3) is 0.375. The summed E-state index contributed by atoms with van der Waals surface area (Å²) in [5, 5.41) is 18.5. The van der Waals surface area contributed by atoms with Crippen LogP contribution in [0, 0.1) is 0 Å². The first-order valence-electron chi connectivity index (χ1n) is 3.54. The van der Waals surface area contributed by atoms with Gasteiger partial charge in [-0.25, -0.2) is 0 Å². The molecule has 3 heteroatoms. The Bertz CT molecular complexity index is 256. The van der Waals surface area contributed by atoms with Crippen LogP contribution in [0.3, 0.4) is 0 Å². The molecular weight excluding hydrogens is 142 g/mol. The van der Waals surface area contributed by atoms with Crippen LogP contribution >= 0.6 is 0 Å². The lowest BCUT2D eigenvalue weighted by Gasteiger charge is -2.11. The van der Waals surface area contributed by atoms with E-state index in [4.69, 9.17) is 0 Å². The standard InChI is InChI=1S/C8H9NO2/c10-8(11)3-6-1-2-9-5-7(6)4-8/h1-2,5,10-11H,3-4H2. The monoisotopic (exact) mass is 151 g/mol. The van der Waals surface area contributed by atoms with E-state index in [1.165, 1.54) is 0 Å². The number of aliphatic hydroxyl groups is 2. The van der Waals surface area contributed by atoms with E-state index >= 15 is 0 Å². The van der Waals surface area contributed by atoms with Gasteiger partial charge in [-0.3, -0.25) is 4.98 Å². The molecule has 0 spiro atoms. The Labute approximate surface area is 64.3 Å². The zero-order chi connectivity index (χ0) is 7.90. The van der Waals surface area contributed by atoms with Crippen LogP contribution in [0.4, 0.5) is 0 Å². The molecule has 1 aliphatic rings. The summed E-state index contributed by atoms with van der Waals surface area (Å²) < 4.78 is 0. The molecular formula is C8H9NO2. The van der Waals surface area contributed by atoms with Crippen LogP contribution in [0.5, 0.6) is 0 Å². The SMILES string of the molecule is OC1(O)Cc2ccncc2C1. The summed E-state index contributed by atoms with van der Waals surface area (Å²) >= 11 is 0. The molecule has 0 saturated carbocycles. The minimum absolute atomic E-state index is 0.302. The van der Waals surface area contributed by atoms with Gasteiger partial charge in [-0.1, -0.05) is 0 Å². The largest absolute Gasteiger partial charge is 0.365 e. The number of hydrogen-bond donors (Lipinski definition) is 2. The van der Waals surface area contributed by atoms with Crippen molar-refractivity contribution < 1.29 is 10.2 Å². The molecule has 0 amide bonds. The Morgan fingerprint density at radius 3 is 2.73 bits per heavy atom. The maximum Gasteiger partial charge on any atom is 0.170 e. The Hall–Kier alpha value is -0.930. The van der Waals surface area contributed by atoms with Crippen LogP contribution in [0.2, 0.25) is 0 Å². The molecule has 2 rings (SSSR count). The highest BCUT2D eigenvalue weighted by molar-refractivity contribution is 5.30. The van der Waals surface area contributed by atoms with Gasteiger partial charge < -0.3 is 10.2 Å². The van der Waals surface area contributed by atoms with E-state index in [-0.39, 0.29) is 0 Å². The lowest BCUT2D eigenvalue weighted by Crippen LogP contribution is -2.27. The van der Waals surface area contributed by atoms with Gasteiger partial charge in [0.1, 0.15) is 0 Å². The van der Waals surface area contributed by atoms with Gasteiger partial charge in [0.2, 0.25) is 0 Å². The van der Waals surface area contributed by atoms with Crippen molar-refractivity contribution in [2.24, 2.45) is 0 Å². The van der Waals surface area contributed by atoms with Crippen molar-refractivity contribution in [2.75, 3.05) is 0 Å². The quantitative estimate of drug-likeness (QED) is 0.507. The van der Waals surface area contributed by atoms with Gasteiger partial charge in [0, 0.05) is 25.2 Å². The second-order valence-electron chi connectivity index (χ2n) is 2.98. The van der Waals surface area contributed by atoms with E-state index in [9.17, 15) is 10.2 Å². The first kappa shape index (κ1) is 6.76. The van der Waals surface area contributed by atoms with Crippen molar-refractivity contribution in [3.05, 3.63) is 29.6 Å². The third kappa shape index (κ3) is 1.13. The number of pyridine rings is 1. The van der Waals surface area contributed by atoms with Crippen LogP contribution in [0.15, 0.2) is 18.5 Å². The zero-order valence-corrected chi connectivity index (χ0v) is 5.99. The molecule has 58 valence electrons. The fourth-order valence-corrected chi connectivity index (χ4v) is 1.46. The maximum absolute atomic E-state index is 9.24. The molecule has 1 aromatic heterocycles. The van der Waals surface area contributed by atoms with Crippen LogP contribution in [-0.2, 0) is 12.8 Å². The average molecular weight is 151 g/mol. The van der Waals surface area contributed by atoms with Gasteiger partial charge >= 0.3 is 0 Å². The molecule has 2 N–H and O–H groups in total. The lowest BCUT2D eigenvalue weighted by atomic mass is 10.2. The maximum atomic E-state index is 9.24. The van der Waals surface area contributed by atoms with Gasteiger partial charge in [-0.15, -0.1) is 0 Å². The second-order valence-corrected chi connectivity index (χ2v) is 2.98. The van der Waals surface area contributed by atoms with E-state index < -0.39 is 5.79 Å². The number of rotatable bonds is 0. The van der Waals surface area contributed by atoms with Gasteiger partial charge in [-0.2, -0.15) is 0 Å². The molecule has 1 aromatic rings. The highest BCUT2D eigenvalue weighted by atomic mass is 16.5. The molecule has 1 heterocycles. The Morgan fingerprint density at radius 2 is 2.00 bits per heavy atom. The molecule has 0 saturated heterocycles. The second kappa shape index (κ2) is 2.03. The summed E-state index contributed by atoms with van der Waals surface area (Å²) in [4.78, 5) is 3.90. The predicted octanol–water partition coefficient (Wildman–Crippen LogP) is -0.139. The third-order valence-electron chi connectivity index (χ3n) is 1.95. The highest BCUT2D eigenvalue weighted by Gasteiger charge is 2.32. The number of hydrogen-bond acceptors (Lipinski definition) is 3. The Balaban J connectivity index is 2.41. The topological polar surface area (TPSA) is 53.4 Å². The molecule has 0 atom stereocenters. The van der Waals surface area contributed by atoms with E-state index in [0.29, 0.717) is 12.8 Å². The fourth-order valence-electron chi connectivity index (χ4n) is 1.46. The summed E-state index contributed by atoms with van der Waals surface area (Å²) in [7, 11) is 0. The lowest BCUT2D eigenvalue weighted by molar-refractivity contribution is -0.150. The Kier molecular flexibility index (Phi) is 1.25. The number of aromatic nitrogens is 1. The van der Waals surface area contributed by atoms with E-state index in [0.717, 1.165) is 11.1 Å². The van der Waals surface area contributed by atoms with Crippen LogP contribution < -0.4 is 0 Å². The molecule has 0 unspecified atom stereocenters. The van der Waals surface area contributed by atoms with Crippen molar-refractivity contribution in [1.82, 2.24) is 4.98 Å². The van der Waals surface area contributed by atoms with Crippen molar-refractivity contribution in [2.45, 2.75) is 18.6 Å². The molecule has 0 radical (unpaired) electrons. The molecule has 0 fully saturated rings. The van der Waals surface area contributed by atoms with Crippen molar-refractivity contribution >= 4 is 0 Å². The van der Waals surface area contributed by atoms with Gasteiger partial charge in [-0.05, 0) is 17.2 Å². The van der Waals surface area contributed by atoms with Crippen molar-refractivity contribution in [3.63, 3.8) is 0 Å². The summed E-state index contributed by atoms with van der Waals surface area (Å²) in [6, 6.07) is 1.82. The number of fused-ring (bicyclic) bond motifs is 1. The molecule has 11 heavy (non-hydrogen) atoms. The van der Waals surface area contributed by atoms with Crippen LogP contribution in [-0.4, -0.2) is 21.0 Å². The normalized spacial score (nSPS) is 19.8. The third-order valence-corrected chi connectivity index (χ3v) is 1.95. The molecule has 3 nitrogen and oxygen atoms in total. The summed E-state index contributed by atoms with van der Waals surface area (Å²) in [6.07, 6.45) is 3.98. The van der Waals surface area contributed by atoms with Crippen molar-refractivity contribution in [1.29, 1.82) is 0 Å². The van der Waals surface area contributed by atoms with Crippen molar-refractivity contribution in [3.8, 4) is 0 Å². The van der Waals surface area contributed by atoms with Crippen LogP contribution in [0.1, 0.15) is 11.1 Å². The summed E-state index contributed by atoms with van der Waals surface area (Å²) in [6.45, 7) is 0. The first-order valence-corrected chi connectivity index (χ1v) is 3.54. The molecule has 0 aliphatic heterocycles. The summed E-state index contributed by atoms with van der Waals surface area (Å²) in [5.41, 5.74) is 1.93. The predicted molar refractivity (Wildman–Crippen MR) is 38.8 cm³/mol. The Morgan fingerprint density at radius 1 is 1.27 bits per heavy atom. The van der Waals surface area contributed by atoms with E-state index in [2.05, 4.69) is 4.98 Å². The first-order chi connectivity index (χ1) is 5.17. The molecule has 1 aliphatic carbocycles. The van der Waals surface area contributed by atoms with Gasteiger partial charge in [0.25, 0.3) is 0 Å². The smallest absolute Gasteiger partial charge is 0.170 e. The van der Waals surface area contributed by atoms with E-state index in [1.54, 1.807) is 12.4 Å². The van der Waals surface area contributed by atoms with Gasteiger partial charge in [0.15, 0.2) is 5.79 Å². The minimum atomic E-state index is -1.54. The van der Waals surface area contributed by atoms with Gasteiger partial charge in [0.05, 0.1) is 0 Å². The van der Waals surface area contributed by atoms with Crippen LogP contribution in [0.25, 0.3) is 0 Å². The molecule has 0 bridgehead atoms. The highest BCUT2D eigenvalue weighted by Crippen LogP contribution is 2.26. The summed E-state index contributed by atoms with van der Waals surface area (Å²) in [5.74, 6) is -1.54. The zero-order valence-electron chi connectivity index (χ0n) is 5.99. The van der Waals surface area contributed by atoms with E-state index in [1.807, 2.05) is 6.07 Å². The number of nitrogens with zero attached hydrogens (tertiary/aromatic N) is 1. The molecule has 0 aromatic carbocycles. The average Bonchev–Trinajstić information content (AvgIpc) is 2.21. The minimum Gasteiger partial charge on any atom is -0.365 e.